The van der Waals surface area contributed by atoms with E-state index in [1.165, 1.54) is 0 Å². The first-order valence-electron chi connectivity index (χ1n) is 6.62. The van der Waals surface area contributed by atoms with Crippen LogP contribution in [0.1, 0.15) is 36.2 Å². The Bertz CT molecular complexity index is 485. The van der Waals surface area contributed by atoms with Crippen molar-refractivity contribution in [2.24, 2.45) is 0 Å². The third-order valence-corrected chi connectivity index (χ3v) is 4.94. The Hall–Kier alpha value is -1.16. The van der Waals surface area contributed by atoms with Gasteiger partial charge in [-0.2, -0.15) is 11.8 Å². The van der Waals surface area contributed by atoms with E-state index in [2.05, 4.69) is 13.8 Å². The van der Waals surface area contributed by atoms with Crippen LogP contribution in [-0.4, -0.2) is 39.5 Å². The number of rotatable bonds is 1. The second-order valence-corrected chi connectivity index (χ2v) is 7.45. The van der Waals surface area contributed by atoms with Gasteiger partial charge in [0, 0.05) is 29.2 Å². The highest BCUT2D eigenvalue weighted by Crippen LogP contribution is 2.31. The summed E-state index contributed by atoms with van der Waals surface area (Å²) >= 11 is 1.93. The first-order valence-corrected chi connectivity index (χ1v) is 7.60. The van der Waals surface area contributed by atoms with Crippen molar-refractivity contribution in [1.82, 2.24) is 4.90 Å². The van der Waals surface area contributed by atoms with Crippen molar-refractivity contribution in [3.8, 4) is 5.75 Å². The van der Waals surface area contributed by atoms with E-state index in [-0.39, 0.29) is 16.4 Å². The Balaban J connectivity index is 2.15. The van der Waals surface area contributed by atoms with Gasteiger partial charge in [0.25, 0.3) is 5.91 Å². The highest BCUT2D eigenvalue weighted by Gasteiger charge is 2.26. The second kappa shape index (κ2) is 5.45. The van der Waals surface area contributed by atoms with Crippen molar-refractivity contribution >= 4 is 17.7 Å². The average Bonchev–Trinajstić information content (AvgIpc) is 2.49. The molecule has 4 heteroatoms. The number of benzene rings is 1. The zero-order chi connectivity index (χ0) is 14.0. The number of hydrogen-bond acceptors (Lipinski definition) is 3. The van der Waals surface area contributed by atoms with Gasteiger partial charge in [-0.1, -0.05) is 13.8 Å². The minimum atomic E-state index is 0.0794. The standard InChI is InChI=1S/C15H21NO2S/c1-11-10-12(17)4-5-13(11)14(18)16-7-6-15(2,3)19-9-8-16/h4-5,10,17H,6-9H2,1-3H3. The smallest absolute Gasteiger partial charge is 0.254 e. The fourth-order valence-corrected chi connectivity index (χ4v) is 3.38. The number of carbonyl (C=O) groups is 1. The van der Waals surface area contributed by atoms with Crippen LogP contribution in [-0.2, 0) is 0 Å². The summed E-state index contributed by atoms with van der Waals surface area (Å²) < 4.78 is 0.249. The fraction of sp³-hybridized carbons (Fsp3) is 0.533. The number of hydrogen-bond donors (Lipinski definition) is 1. The van der Waals surface area contributed by atoms with Crippen LogP contribution >= 0.6 is 11.8 Å². The van der Waals surface area contributed by atoms with Crippen molar-refractivity contribution in [2.75, 3.05) is 18.8 Å². The van der Waals surface area contributed by atoms with Gasteiger partial charge in [0.15, 0.2) is 0 Å². The minimum absolute atomic E-state index is 0.0794. The molecule has 1 heterocycles. The van der Waals surface area contributed by atoms with Gasteiger partial charge in [-0.05, 0) is 37.1 Å². The lowest BCUT2D eigenvalue weighted by Gasteiger charge is -2.23. The van der Waals surface area contributed by atoms with Gasteiger partial charge in [0.05, 0.1) is 0 Å². The number of thioether (sulfide) groups is 1. The molecule has 0 atom stereocenters. The highest BCUT2D eigenvalue weighted by atomic mass is 32.2. The molecule has 0 aliphatic carbocycles. The van der Waals surface area contributed by atoms with Gasteiger partial charge in [-0.3, -0.25) is 4.79 Å². The Morgan fingerprint density at radius 2 is 2.11 bits per heavy atom. The lowest BCUT2D eigenvalue weighted by Crippen LogP contribution is -2.34. The quantitative estimate of drug-likeness (QED) is 0.859. The summed E-state index contributed by atoms with van der Waals surface area (Å²) in [6.45, 7) is 7.94. The molecule has 0 spiro atoms. The molecule has 1 N–H and O–H groups in total. The normalized spacial score (nSPS) is 19.0. The van der Waals surface area contributed by atoms with Crippen molar-refractivity contribution in [3.05, 3.63) is 29.3 Å². The SMILES string of the molecule is Cc1cc(O)ccc1C(=O)N1CCSC(C)(C)CC1. The summed E-state index contributed by atoms with van der Waals surface area (Å²) in [5.74, 6) is 1.27. The van der Waals surface area contributed by atoms with Crippen LogP contribution in [0.25, 0.3) is 0 Å². The predicted molar refractivity (Wildman–Crippen MR) is 79.9 cm³/mol. The first kappa shape index (κ1) is 14.3. The molecule has 1 fully saturated rings. The van der Waals surface area contributed by atoms with Crippen molar-refractivity contribution in [1.29, 1.82) is 0 Å². The molecule has 0 saturated carbocycles. The third-order valence-electron chi connectivity index (χ3n) is 3.57. The molecule has 1 aromatic carbocycles. The highest BCUT2D eigenvalue weighted by molar-refractivity contribution is 8.00. The topological polar surface area (TPSA) is 40.5 Å². The molecule has 0 bridgehead atoms. The largest absolute Gasteiger partial charge is 0.508 e. The van der Waals surface area contributed by atoms with Gasteiger partial charge >= 0.3 is 0 Å². The molecule has 19 heavy (non-hydrogen) atoms. The number of amides is 1. The maximum atomic E-state index is 12.5. The lowest BCUT2D eigenvalue weighted by atomic mass is 10.1. The summed E-state index contributed by atoms with van der Waals surface area (Å²) in [6, 6.07) is 4.94. The van der Waals surface area contributed by atoms with Crippen LogP contribution in [0.15, 0.2) is 18.2 Å². The maximum Gasteiger partial charge on any atom is 0.254 e. The fourth-order valence-electron chi connectivity index (χ4n) is 2.28. The number of phenolic OH excluding ortho intramolecular Hbond substituents is 1. The van der Waals surface area contributed by atoms with Crippen molar-refractivity contribution in [2.45, 2.75) is 31.9 Å². The Morgan fingerprint density at radius 1 is 1.37 bits per heavy atom. The van der Waals surface area contributed by atoms with Crippen LogP contribution in [0.2, 0.25) is 0 Å². The third kappa shape index (κ3) is 3.44. The summed E-state index contributed by atoms with van der Waals surface area (Å²) in [7, 11) is 0. The molecule has 104 valence electrons. The molecule has 1 amide bonds. The zero-order valence-corrected chi connectivity index (χ0v) is 12.6. The van der Waals surface area contributed by atoms with Crippen LogP contribution in [0, 0.1) is 6.92 Å². The van der Waals surface area contributed by atoms with Crippen LogP contribution in [0.3, 0.4) is 0 Å². The zero-order valence-electron chi connectivity index (χ0n) is 11.8. The van der Waals surface area contributed by atoms with Crippen LogP contribution in [0.4, 0.5) is 0 Å². The first-order chi connectivity index (χ1) is 8.89. The van der Waals surface area contributed by atoms with Crippen molar-refractivity contribution < 1.29 is 9.90 Å². The summed E-state index contributed by atoms with van der Waals surface area (Å²) in [4.78, 5) is 14.5. The van der Waals surface area contributed by atoms with E-state index in [1.54, 1.807) is 18.2 Å². The molecule has 1 aliphatic heterocycles. The summed E-state index contributed by atoms with van der Waals surface area (Å²) in [6.07, 6.45) is 1.01. The van der Waals surface area contributed by atoms with E-state index in [0.29, 0.717) is 5.56 Å². The van der Waals surface area contributed by atoms with E-state index in [1.807, 2.05) is 23.6 Å². The monoisotopic (exact) mass is 279 g/mol. The average molecular weight is 279 g/mol. The van der Waals surface area contributed by atoms with E-state index in [4.69, 9.17) is 0 Å². The number of aryl methyl sites for hydroxylation is 1. The molecule has 1 aliphatic rings. The number of nitrogens with zero attached hydrogens (tertiary/aromatic N) is 1. The van der Waals surface area contributed by atoms with E-state index >= 15 is 0 Å². The van der Waals surface area contributed by atoms with Gasteiger partial charge in [-0.15, -0.1) is 0 Å². The van der Waals surface area contributed by atoms with Gasteiger partial charge in [-0.25, -0.2) is 0 Å². The number of phenols is 1. The molecular formula is C15H21NO2S. The molecular weight excluding hydrogens is 258 g/mol. The molecule has 1 saturated heterocycles. The van der Waals surface area contributed by atoms with Gasteiger partial charge < -0.3 is 10.0 Å². The summed E-state index contributed by atoms with van der Waals surface area (Å²) in [5.41, 5.74) is 1.53. The van der Waals surface area contributed by atoms with Crippen LogP contribution < -0.4 is 0 Å². The van der Waals surface area contributed by atoms with E-state index in [0.717, 1.165) is 30.8 Å². The van der Waals surface area contributed by atoms with Gasteiger partial charge in [0.1, 0.15) is 5.75 Å². The van der Waals surface area contributed by atoms with Gasteiger partial charge in [0.2, 0.25) is 0 Å². The Kier molecular flexibility index (Phi) is 4.09. The van der Waals surface area contributed by atoms with E-state index < -0.39 is 0 Å². The molecule has 1 aromatic rings. The molecule has 0 aromatic heterocycles. The molecule has 0 radical (unpaired) electrons. The van der Waals surface area contributed by atoms with Crippen LogP contribution in [0.5, 0.6) is 5.75 Å². The Labute approximate surface area is 119 Å². The number of carbonyl (C=O) groups excluding carboxylic acids is 1. The number of aromatic hydroxyl groups is 1. The van der Waals surface area contributed by atoms with Crippen molar-refractivity contribution in [3.63, 3.8) is 0 Å². The molecule has 3 nitrogen and oxygen atoms in total. The van der Waals surface area contributed by atoms with E-state index in [9.17, 15) is 9.90 Å². The molecule has 2 rings (SSSR count). The Morgan fingerprint density at radius 3 is 2.79 bits per heavy atom. The summed E-state index contributed by atoms with van der Waals surface area (Å²) in [5, 5.41) is 9.42. The second-order valence-electron chi connectivity index (χ2n) is 5.65. The lowest BCUT2D eigenvalue weighted by molar-refractivity contribution is 0.0764. The molecule has 0 unspecified atom stereocenters. The predicted octanol–water partition coefficient (Wildman–Crippen LogP) is 3.06. The minimum Gasteiger partial charge on any atom is -0.508 e. The maximum absolute atomic E-state index is 12.5.